The molecule has 0 nitrogen and oxygen atoms in total. The fraction of sp³-hybridized carbons (Fsp3) is 0.579. The molecule has 0 N–H and O–H groups in total. The Morgan fingerprint density at radius 3 is 1.84 bits per heavy atom. The third-order valence-corrected chi connectivity index (χ3v) is 4.43. The van der Waals surface area contributed by atoms with Gasteiger partial charge in [0.1, 0.15) is 0 Å². The van der Waals surface area contributed by atoms with Crippen molar-refractivity contribution in [1.29, 1.82) is 0 Å². The SMILES string of the molecule is CC1=CC(CC(C)=C(C)C)C=CC1CC(C)=C(C)C. The van der Waals surface area contributed by atoms with Crippen LogP contribution in [-0.2, 0) is 0 Å². The summed E-state index contributed by atoms with van der Waals surface area (Å²) >= 11 is 0. The van der Waals surface area contributed by atoms with E-state index in [0.717, 1.165) is 0 Å². The number of rotatable bonds is 4. The van der Waals surface area contributed by atoms with Gasteiger partial charge in [-0.05, 0) is 67.2 Å². The minimum Gasteiger partial charge on any atom is -0.0807 e. The van der Waals surface area contributed by atoms with Gasteiger partial charge in [-0.15, -0.1) is 0 Å². The number of hydrogen-bond acceptors (Lipinski definition) is 0. The summed E-state index contributed by atoms with van der Waals surface area (Å²) in [6, 6.07) is 0. The maximum atomic E-state index is 2.47. The van der Waals surface area contributed by atoms with Crippen molar-refractivity contribution in [3.8, 4) is 0 Å². The van der Waals surface area contributed by atoms with Gasteiger partial charge in [-0.1, -0.05) is 46.1 Å². The molecule has 0 aliphatic heterocycles. The molecule has 0 aromatic carbocycles. The van der Waals surface area contributed by atoms with Crippen LogP contribution in [0.5, 0.6) is 0 Å². The molecular weight excluding hydrogens is 228 g/mol. The zero-order chi connectivity index (χ0) is 14.6. The Bertz CT molecular complexity index is 433. The molecule has 0 heterocycles. The zero-order valence-electron chi connectivity index (χ0n) is 13.8. The minimum absolute atomic E-state index is 0.596. The smallest absolute Gasteiger partial charge is 0.00116 e. The number of allylic oxidation sites excluding steroid dienone is 8. The summed E-state index contributed by atoms with van der Waals surface area (Å²) in [5.74, 6) is 1.20. The van der Waals surface area contributed by atoms with E-state index in [4.69, 9.17) is 0 Å². The molecule has 0 saturated carbocycles. The second kappa shape index (κ2) is 6.93. The van der Waals surface area contributed by atoms with Crippen LogP contribution < -0.4 is 0 Å². The van der Waals surface area contributed by atoms with Gasteiger partial charge in [0.25, 0.3) is 0 Å². The third kappa shape index (κ3) is 4.86. The van der Waals surface area contributed by atoms with E-state index in [0.29, 0.717) is 11.8 Å². The van der Waals surface area contributed by atoms with E-state index in [1.165, 1.54) is 40.7 Å². The van der Waals surface area contributed by atoms with E-state index >= 15 is 0 Å². The molecule has 106 valence electrons. The molecule has 0 spiro atoms. The maximum Gasteiger partial charge on any atom is 0.00116 e. The van der Waals surface area contributed by atoms with Crippen LogP contribution in [0.1, 0.15) is 61.3 Å². The molecule has 0 amide bonds. The Hall–Kier alpha value is -1.04. The summed E-state index contributed by atoms with van der Waals surface area (Å²) in [4.78, 5) is 0. The average Bonchev–Trinajstić information content (AvgIpc) is 2.32. The van der Waals surface area contributed by atoms with Crippen LogP contribution in [0, 0.1) is 11.8 Å². The summed E-state index contributed by atoms with van der Waals surface area (Å²) in [5.41, 5.74) is 7.51. The van der Waals surface area contributed by atoms with E-state index in [2.05, 4.69) is 66.7 Å². The van der Waals surface area contributed by atoms with E-state index in [1.807, 2.05) is 0 Å². The molecule has 0 heteroatoms. The Morgan fingerprint density at radius 1 is 0.842 bits per heavy atom. The lowest BCUT2D eigenvalue weighted by molar-refractivity contribution is 0.670. The Labute approximate surface area is 120 Å². The summed E-state index contributed by atoms with van der Waals surface area (Å²) in [6.45, 7) is 15.6. The van der Waals surface area contributed by atoms with Crippen LogP contribution in [-0.4, -0.2) is 0 Å². The van der Waals surface area contributed by atoms with Crippen LogP contribution in [0.15, 0.2) is 46.1 Å². The predicted octanol–water partition coefficient (Wildman–Crippen LogP) is 6.23. The zero-order valence-corrected chi connectivity index (χ0v) is 13.8. The van der Waals surface area contributed by atoms with Crippen molar-refractivity contribution in [2.24, 2.45) is 11.8 Å². The van der Waals surface area contributed by atoms with E-state index in [1.54, 1.807) is 0 Å². The van der Waals surface area contributed by atoms with Gasteiger partial charge in [-0.25, -0.2) is 0 Å². The van der Waals surface area contributed by atoms with Gasteiger partial charge in [0, 0.05) is 5.92 Å². The predicted molar refractivity (Wildman–Crippen MR) is 87.2 cm³/mol. The van der Waals surface area contributed by atoms with Crippen LogP contribution >= 0.6 is 0 Å². The first-order chi connectivity index (χ1) is 8.81. The highest BCUT2D eigenvalue weighted by Gasteiger charge is 2.16. The highest BCUT2D eigenvalue weighted by molar-refractivity contribution is 5.26. The van der Waals surface area contributed by atoms with Gasteiger partial charge < -0.3 is 0 Å². The molecule has 2 unspecified atom stereocenters. The lowest BCUT2D eigenvalue weighted by Crippen LogP contribution is -2.09. The molecule has 0 aromatic heterocycles. The normalized spacial score (nSPS) is 21.9. The van der Waals surface area contributed by atoms with Crippen molar-refractivity contribution in [1.82, 2.24) is 0 Å². The van der Waals surface area contributed by atoms with Crippen molar-refractivity contribution < 1.29 is 0 Å². The quantitative estimate of drug-likeness (QED) is 0.524. The Kier molecular flexibility index (Phi) is 5.85. The molecule has 0 fully saturated rings. The summed E-state index contributed by atoms with van der Waals surface area (Å²) in [7, 11) is 0. The fourth-order valence-corrected chi connectivity index (χ4v) is 2.39. The lowest BCUT2D eigenvalue weighted by atomic mass is 9.82. The Morgan fingerprint density at radius 2 is 1.37 bits per heavy atom. The van der Waals surface area contributed by atoms with Crippen molar-refractivity contribution in [3.63, 3.8) is 0 Å². The summed E-state index contributed by atoms with van der Waals surface area (Å²) in [5, 5.41) is 0. The first kappa shape index (κ1) is 16.0. The standard InChI is InChI=1S/C19H30/c1-13(2)15(5)10-18-8-9-19(17(7)11-18)12-16(6)14(3)4/h8-9,11,18-19H,10,12H2,1-7H3. The molecular formula is C19H30. The van der Waals surface area contributed by atoms with Gasteiger partial charge in [-0.2, -0.15) is 0 Å². The molecule has 0 bridgehead atoms. The first-order valence-corrected chi connectivity index (χ1v) is 7.43. The minimum atomic E-state index is 0.596. The van der Waals surface area contributed by atoms with Crippen LogP contribution in [0.2, 0.25) is 0 Å². The highest BCUT2D eigenvalue weighted by Crippen LogP contribution is 2.30. The summed E-state index contributed by atoms with van der Waals surface area (Å²) in [6.07, 6.45) is 9.64. The fourth-order valence-electron chi connectivity index (χ4n) is 2.39. The third-order valence-electron chi connectivity index (χ3n) is 4.43. The van der Waals surface area contributed by atoms with Crippen LogP contribution in [0.25, 0.3) is 0 Å². The average molecular weight is 258 g/mol. The van der Waals surface area contributed by atoms with Crippen molar-refractivity contribution in [2.45, 2.75) is 61.3 Å². The van der Waals surface area contributed by atoms with Gasteiger partial charge >= 0.3 is 0 Å². The van der Waals surface area contributed by atoms with Gasteiger partial charge in [0.2, 0.25) is 0 Å². The maximum absolute atomic E-state index is 2.47. The summed E-state index contributed by atoms with van der Waals surface area (Å²) < 4.78 is 0. The molecule has 1 aliphatic rings. The van der Waals surface area contributed by atoms with Gasteiger partial charge in [0.05, 0.1) is 0 Å². The number of hydrogen-bond donors (Lipinski definition) is 0. The topological polar surface area (TPSA) is 0 Å². The molecule has 0 aromatic rings. The highest BCUT2D eigenvalue weighted by atomic mass is 14.2. The van der Waals surface area contributed by atoms with Crippen LogP contribution in [0.4, 0.5) is 0 Å². The second-order valence-corrected chi connectivity index (χ2v) is 6.53. The van der Waals surface area contributed by atoms with Gasteiger partial charge in [-0.3, -0.25) is 0 Å². The first-order valence-electron chi connectivity index (χ1n) is 7.43. The van der Waals surface area contributed by atoms with Crippen molar-refractivity contribution in [2.75, 3.05) is 0 Å². The lowest BCUT2D eigenvalue weighted by Gasteiger charge is -2.23. The van der Waals surface area contributed by atoms with Crippen molar-refractivity contribution in [3.05, 3.63) is 46.1 Å². The van der Waals surface area contributed by atoms with E-state index < -0.39 is 0 Å². The molecule has 0 saturated heterocycles. The van der Waals surface area contributed by atoms with Crippen LogP contribution in [0.3, 0.4) is 0 Å². The van der Waals surface area contributed by atoms with Gasteiger partial charge in [0.15, 0.2) is 0 Å². The molecule has 19 heavy (non-hydrogen) atoms. The Balaban J connectivity index is 2.71. The molecule has 1 aliphatic carbocycles. The molecule has 1 rings (SSSR count). The largest absolute Gasteiger partial charge is 0.0807 e. The molecule has 2 atom stereocenters. The molecule has 0 radical (unpaired) electrons. The van der Waals surface area contributed by atoms with E-state index in [-0.39, 0.29) is 0 Å². The monoisotopic (exact) mass is 258 g/mol. The van der Waals surface area contributed by atoms with Crippen molar-refractivity contribution >= 4 is 0 Å². The van der Waals surface area contributed by atoms with E-state index in [9.17, 15) is 0 Å². The second-order valence-electron chi connectivity index (χ2n) is 6.53.